The van der Waals surface area contributed by atoms with E-state index >= 15 is 0 Å². The highest BCUT2D eigenvalue weighted by atomic mass is 35.5. The zero-order chi connectivity index (χ0) is 19.4. The minimum absolute atomic E-state index is 0.0282. The molecular weight excluding hydrogens is 392 g/mol. The van der Waals surface area contributed by atoms with Gasteiger partial charge in [-0.1, -0.05) is 23.7 Å². The number of anilines is 1. The second-order valence-electron chi connectivity index (χ2n) is 5.98. The Hall–Kier alpha value is -2.13. The molecule has 1 aliphatic heterocycles. The first kappa shape index (κ1) is 19.6. The Balaban J connectivity index is 1.89. The van der Waals surface area contributed by atoms with Crippen molar-refractivity contribution in [2.75, 3.05) is 25.6 Å². The SMILES string of the molecule is COc1ccc(S(=O)(=O)NC2CCOC2)cc1C(=O)Nc1ccccc1Cl. The number of sulfonamides is 1. The van der Waals surface area contributed by atoms with Gasteiger partial charge in [0.25, 0.3) is 5.91 Å². The Morgan fingerprint density at radius 1 is 1.26 bits per heavy atom. The summed E-state index contributed by atoms with van der Waals surface area (Å²) in [5.41, 5.74) is 0.503. The van der Waals surface area contributed by atoms with E-state index in [4.69, 9.17) is 21.1 Å². The summed E-state index contributed by atoms with van der Waals surface area (Å²) in [5.74, 6) is -0.274. The maximum Gasteiger partial charge on any atom is 0.259 e. The summed E-state index contributed by atoms with van der Waals surface area (Å²) in [5, 5.41) is 3.04. The van der Waals surface area contributed by atoms with Gasteiger partial charge in [0.15, 0.2) is 0 Å². The zero-order valence-electron chi connectivity index (χ0n) is 14.6. The van der Waals surface area contributed by atoms with E-state index in [9.17, 15) is 13.2 Å². The third kappa shape index (κ3) is 4.59. The summed E-state index contributed by atoms with van der Waals surface area (Å²) < 4.78 is 38.2. The molecule has 0 spiro atoms. The predicted octanol–water partition coefficient (Wildman–Crippen LogP) is 2.67. The molecule has 0 aromatic heterocycles. The largest absolute Gasteiger partial charge is 0.496 e. The van der Waals surface area contributed by atoms with Gasteiger partial charge >= 0.3 is 0 Å². The van der Waals surface area contributed by atoms with Gasteiger partial charge in [0.05, 0.1) is 34.9 Å². The van der Waals surface area contributed by atoms with Crippen molar-refractivity contribution >= 4 is 33.2 Å². The van der Waals surface area contributed by atoms with E-state index in [1.54, 1.807) is 24.3 Å². The van der Waals surface area contributed by atoms with E-state index in [-0.39, 0.29) is 22.3 Å². The van der Waals surface area contributed by atoms with Crippen LogP contribution in [-0.4, -0.2) is 40.7 Å². The van der Waals surface area contributed by atoms with Crippen LogP contribution in [0.3, 0.4) is 0 Å². The van der Waals surface area contributed by atoms with Gasteiger partial charge in [-0.25, -0.2) is 13.1 Å². The van der Waals surface area contributed by atoms with Crippen molar-refractivity contribution < 1.29 is 22.7 Å². The molecule has 1 aliphatic rings. The number of amides is 1. The molecule has 1 fully saturated rings. The number of para-hydroxylation sites is 1. The number of halogens is 1. The van der Waals surface area contributed by atoms with Crippen LogP contribution in [0.5, 0.6) is 5.75 Å². The first-order valence-electron chi connectivity index (χ1n) is 8.24. The lowest BCUT2D eigenvalue weighted by Gasteiger charge is -2.14. The Labute approximate surface area is 162 Å². The number of rotatable bonds is 6. The topological polar surface area (TPSA) is 93.7 Å². The van der Waals surface area contributed by atoms with Crippen molar-refractivity contribution in [2.24, 2.45) is 0 Å². The molecule has 0 radical (unpaired) electrons. The summed E-state index contributed by atoms with van der Waals surface area (Å²) in [6.45, 7) is 0.844. The quantitative estimate of drug-likeness (QED) is 0.763. The van der Waals surface area contributed by atoms with Crippen molar-refractivity contribution in [3.8, 4) is 5.75 Å². The molecule has 1 atom stereocenters. The molecule has 1 unspecified atom stereocenters. The van der Waals surface area contributed by atoms with E-state index in [1.165, 1.54) is 25.3 Å². The Kier molecular flexibility index (Phi) is 6.01. The molecule has 27 heavy (non-hydrogen) atoms. The molecule has 1 saturated heterocycles. The summed E-state index contributed by atoms with van der Waals surface area (Å²) in [6.07, 6.45) is 0.606. The first-order chi connectivity index (χ1) is 12.9. The second kappa shape index (κ2) is 8.26. The molecule has 2 aromatic rings. The Morgan fingerprint density at radius 3 is 2.70 bits per heavy atom. The Bertz CT molecular complexity index is 943. The lowest BCUT2D eigenvalue weighted by Crippen LogP contribution is -2.35. The highest BCUT2D eigenvalue weighted by Gasteiger charge is 2.25. The lowest BCUT2D eigenvalue weighted by molar-refractivity contribution is 0.102. The summed E-state index contributed by atoms with van der Waals surface area (Å²) in [6, 6.07) is 10.6. The number of nitrogens with one attached hydrogen (secondary N) is 2. The van der Waals surface area contributed by atoms with Crippen molar-refractivity contribution in [3.05, 3.63) is 53.1 Å². The van der Waals surface area contributed by atoms with Gasteiger partial charge in [0, 0.05) is 12.6 Å². The maximum absolute atomic E-state index is 12.7. The van der Waals surface area contributed by atoms with Gasteiger partial charge in [-0.3, -0.25) is 4.79 Å². The fourth-order valence-corrected chi connectivity index (χ4v) is 4.16. The summed E-state index contributed by atoms with van der Waals surface area (Å²) in [4.78, 5) is 12.7. The molecule has 2 N–H and O–H groups in total. The number of carbonyl (C=O) groups excluding carboxylic acids is 1. The van der Waals surface area contributed by atoms with E-state index in [1.807, 2.05) is 0 Å². The van der Waals surface area contributed by atoms with Crippen molar-refractivity contribution in [3.63, 3.8) is 0 Å². The minimum Gasteiger partial charge on any atom is -0.496 e. The monoisotopic (exact) mass is 410 g/mol. The van der Waals surface area contributed by atoms with Crippen LogP contribution in [0.2, 0.25) is 5.02 Å². The molecule has 3 rings (SSSR count). The Morgan fingerprint density at radius 2 is 2.04 bits per heavy atom. The van der Waals surface area contributed by atoms with Gasteiger partial charge in [0.1, 0.15) is 5.75 Å². The van der Waals surface area contributed by atoms with Crippen molar-refractivity contribution in [1.82, 2.24) is 4.72 Å². The fraction of sp³-hybridized carbons (Fsp3) is 0.278. The average Bonchev–Trinajstić information content (AvgIpc) is 3.15. The van der Waals surface area contributed by atoms with E-state index in [0.717, 1.165) is 0 Å². The normalized spacial score (nSPS) is 16.9. The van der Waals surface area contributed by atoms with Gasteiger partial charge in [0.2, 0.25) is 10.0 Å². The van der Waals surface area contributed by atoms with Crippen LogP contribution in [0.15, 0.2) is 47.4 Å². The van der Waals surface area contributed by atoms with E-state index < -0.39 is 15.9 Å². The molecule has 1 amide bonds. The highest BCUT2D eigenvalue weighted by molar-refractivity contribution is 7.89. The van der Waals surface area contributed by atoms with Crippen LogP contribution in [0, 0.1) is 0 Å². The molecule has 9 heteroatoms. The summed E-state index contributed by atoms with van der Waals surface area (Å²) in [7, 11) is -2.39. The third-order valence-corrected chi connectivity index (χ3v) is 5.95. The second-order valence-corrected chi connectivity index (χ2v) is 8.10. The number of ether oxygens (including phenoxy) is 2. The number of hydrogen-bond acceptors (Lipinski definition) is 5. The van der Waals surface area contributed by atoms with Gasteiger partial charge in [-0.05, 0) is 36.8 Å². The average molecular weight is 411 g/mol. The third-order valence-electron chi connectivity index (χ3n) is 4.10. The number of carbonyl (C=O) groups is 1. The number of hydrogen-bond donors (Lipinski definition) is 2. The van der Waals surface area contributed by atoms with E-state index in [0.29, 0.717) is 30.3 Å². The van der Waals surface area contributed by atoms with Gasteiger partial charge in [-0.15, -0.1) is 0 Å². The number of benzene rings is 2. The van der Waals surface area contributed by atoms with Crippen LogP contribution in [0.1, 0.15) is 16.8 Å². The molecule has 0 saturated carbocycles. The molecule has 1 heterocycles. The molecule has 0 aliphatic carbocycles. The standard InChI is InChI=1S/C18H19ClN2O5S/c1-25-17-7-6-13(27(23,24)21-12-8-9-26-11-12)10-14(17)18(22)20-16-5-3-2-4-15(16)19/h2-7,10,12,21H,8-9,11H2,1H3,(H,20,22). The van der Waals surface area contributed by atoms with Crippen LogP contribution < -0.4 is 14.8 Å². The fourth-order valence-electron chi connectivity index (χ4n) is 2.70. The highest BCUT2D eigenvalue weighted by Crippen LogP contribution is 2.26. The minimum atomic E-state index is -3.80. The predicted molar refractivity (Wildman–Crippen MR) is 102 cm³/mol. The van der Waals surface area contributed by atoms with Crippen LogP contribution in [0.25, 0.3) is 0 Å². The van der Waals surface area contributed by atoms with Crippen LogP contribution in [0.4, 0.5) is 5.69 Å². The summed E-state index contributed by atoms with van der Waals surface area (Å²) >= 11 is 6.06. The van der Waals surface area contributed by atoms with Crippen LogP contribution in [-0.2, 0) is 14.8 Å². The van der Waals surface area contributed by atoms with Gasteiger partial charge in [-0.2, -0.15) is 0 Å². The molecular formula is C18H19ClN2O5S. The molecule has 2 aromatic carbocycles. The first-order valence-corrected chi connectivity index (χ1v) is 10.1. The zero-order valence-corrected chi connectivity index (χ0v) is 16.1. The molecule has 0 bridgehead atoms. The number of methoxy groups -OCH3 is 1. The maximum atomic E-state index is 12.7. The molecule has 144 valence electrons. The van der Waals surface area contributed by atoms with Crippen molar-refractivity contribution in [2.45, 2.75) is 17.4 Å². The smallest absolute Gasteiger partial charge is 0.259 e. The van der Waals surface area contributed by atoms with Gasteiger partial charge < -0.3 is 14.8 Å². The van der Waals surface area contributed by atoms with Crippen LogP contribution >= 0.6 is 11.6 Å². The van der Waals surface area contributed by atoms with E-state index in [2.05, 4.69) is 10.0 Å². The van der Waals surface area contributed by atoms with Crippen molar-refractivity contribution in [1.29, 1.82) is 0 Å². The lowest BCUT2D eigenvalue weighted by atomic mass is 10.2. The molecule has 7 nitrogen and oxygen atoms in total.